The molecule has 1 atom stereocenters. The Kier molecular flexibility index (Phi) is 6.36. The van der Waals surface area contributed by atoms with E-state index in [9.17, 15) is 0 Å². The summed E-state index contributed by atoms with van der Waals surface area (Å²) >= 11 is 0. The summed E-state index contributed by atoms with van der Waals surface area (Å²) < 4.78 is 0. The van der Waals surface area contributed by atoms with E-state index < -0.39 is 0 Å². The SMILES string of the molecule is CCNC(CCC(C)(C)C)C1(CC(C)C)CCCC1. The molecule has 1 nitrogen and oxygen atoms in total. The molecule has 19 heavy (non-hydrogen) atoms. The summed E-state index contributed by atoms with van der Waals surface area (Å²) in [6.07, 6.45) is 9.90. The molecule has 0 heterocycles. The summed E-state index contributed by atoms with van der Waals surface area (Å²) in [5, 5.41) is 3.84. The van der Waals surface area contributed by atoms with Gasteiger partial charge in [-0.1, -0.05) is 54.4 Å². The molecule has 0 bridgehead atoms. The standard InChI is InChI=1S/C18H37N/c1-7-19-16(10-13-17(4,5)6)18(14-15(2)3)11-8-9-12-18/h15-16,19H,7-14H2,1-6H3. The Balaban J connectivity index is 2.74. The van der Waals surface area contributed by atoms with Gasteiger partial charge in [0.15, 0.2) is 0 Å². The number of hydrogen-bond donors (Lipinski definition) is 1. The average molecular weight is 268 g/mol. The summed E-state index contributed by atoms with van der Waals surface area (Å²) in [4.78, 5) is 0. The van der Waals surface area contributed by atoms with Gasteiger partial charge in [-0.05, 0) is 55.4 Å². The van der Waals surface area contributed by atoms with Crippen molar-refractivity contribution < 1.29 is 0 Å². The highest BCUT2D eigenvalue weighted by Gasteiger charge is 2.41. The minimum Gasteiger partial charge on any atom is -0.314 e. The molecule has 0 aromatic carbocycles. The van der Waals surface area contributed by atoms with Crippen molar-refractivity contribution in [2.24, 2.45) is 16.7 Å². The van der Waals surface area contributed by atoms with Gasteiger partial charge in [0.1, 0.15) is 0 Å². The van der Waals surface area contributed by atoms with Gasteiger partial charge < -0.3 is 5.32 Å². The Morgan fingerprint density at radius 1 is 1.11 bits per heavy atom. The lowest BCUT2D eigenvalue weighted by Crippen LogP contribution is -2.45. The first kappa shape index (κ1) is 17.0. The molecule has 1 unspecified atom stereocenters. The Bertz CT molecular complexity index is 243. The molecule has 0 aromatic rings. The van der Waals surface area contributed by atoms with Crippen LogP contribution in [0.1, 0.15) is 86.5 Å². The second-order valence-corrected chi connectivity index (χ2v) is 8.38. The van der Waals surface area contributed by atoms with E-state index in [1.165, 1.54) is 44.9 Å². The van der Waals surface area contributed by atoms with Gasteiger partial charge in [0.05, 0.1) is 0 Å². The van der Waals surface area contributed by atoms with E-state index >= 15 is 0 Å². The maximum absolute atomic E-state index is 3.84. The molecule has 1 saturated carbocycles. The molecule has 0 spiro atoms. The van der Waals surface area contributed by atoms with Crippen molar-refractivity contribution in [2.45, 2.75) is 92.5 Å². The normalized spacial score (nSPS) is 21.0. The third-order valence-electron chi connectivity index (χ3n) is 4.79. The summed E-state index contributed by atoms with van der Waals surface area (Å²) in [5.74, 6) is 0.828. The van der Waals surface area contributed by atoms with Gasteiger partial charge in [0, 0.05) is 6.04 Å². The van der Waals surface area contributed by atoms with Gasteiger partial charge in [0.2, 0.25) is 0 Å². The van der Waals surface area contributed by atoms with Crippen LogP contribution in [-0.4, -0.2) is 12.6 Å². The van der Waals surface area contributed by atoms with E-state index in [0.717, 1.165) is 18.5 Å². The van der Waals surface area contributed by atoms with Gasteiger partial charge in [-0.25, -0.2) is 0 Å². The van der Waals surface area contributed by atoms with Gasteiger partial charge in [-0.15, -0.1) is 0 Å². The van der Waals surface area contributed by atoms with Crippen molar-refractivity contribution in [3.05, 3.63) is 0 Å². The molecule has 1 fully saturated rings. The molecule has 1 heteroatoms. The fraction of sp³-hybridized carbons (Fsp3) is 1.00. The van der Waals surface area contributed by atoms with Gasteiger partial charge in [-0.2, -0.15) is 0 Å². The molecule has 1 N–H and O–H groups in total. The minimum absolute atomic E-state index is 0.464. The van der Waals surface area contributed by atoms with Crippen LogP contribution in [0.25, 0.3) is 0 Å². The predicted octanol–water partition coefficient (Wildman–Crippen LogP) is 5.40. The van der Waals surface area contributed by atoms with E-state index in [1.54, 1.807) is 0 Å². The molecule has 1 rings (SSSR count). The van der Waals surface area contributed by atoms with E-state index in [1.807, 2.05) is 0 Å². The fourth-order valence-corrected chi connectivity index (χ4v) is 4.04. The van der Waals surface area contributed by atoms with Crippen molar-refractivity contribution in [3.8, 4) is 0 Å². The predicted molar refractivity (Wildman–Crippen MR) is 86.5 cm³/mol. The second-order valence-electron chi connectivity index (χ2n) is 8.38. The van der Waals surface area contributed by atoms with Crippen LogP contribution in [0.15, 0.2) is 0 Å². The van der Waals surface area contributed by atoms with Crippen LogP contribution in [0.5, 0.6) is 0 Å². The van der Waals surface area contributed by atoms with Gasteiger partial charge in [0.25, 0.3) is 0 Å². The third-order valence-corrected chi connectivity index (χ3v) is 4.79. The average Bonchev–Trinajstić information content (AvgIpc) is 2.71. The summed E-state index contributed by atoms with van der Waals surface area (Å²) in [6, 6.07) is 0.738. The van der Waals surface area contributed by atoms with Crippen LogP contribution in [-0.2, 0) is 0 Å². The molecule has 1 aliphatic rings. The van der Waals surface area contributed by atoms with E-state index in [0.29, 0.717) is 10.8 Å². The van der Waals surface area contributed by atoms with Crippen molar-refractivity contribution in [3.63, 3.8) is 0 Å². The number of nitrogens with one attached hydrogen (secondary N) is 1. The van der Waals surface area contributed by atoms with Crippen molar-refractivity contribution in [2.75, 3.05) is 6.54 Å². The summed E-state index contributed by atoms with van der Waals surface area (Å²) in [7, 11) is 0. The zero-order chi connectivity index (χ0) is 14.5. The number of rotatable bonds is 7. The maximum atomic E-state index is 3.84. The van der Waals surface area contributed by atoms with Crippen LogP contribution >= 0.6 is 0 Å². The Hall–Kier alpha value is -0.0400. The third kappa shape index (κ3) is 5.45. The highest BCUT2D eigenvalue weighted by Crippen LogP contribution is 2.47. The molecule has 0 aromatic heterocycles. The highest BCUT2D eigenvalue weighted by molar-refractivity contribution is 4.95. The lowest BCUT2D eigenvalue weighted by atomic mass is 9.70. The van der Waals surface area contributed by atoms with Gasteiger partial charge in [-0.3, -0.25) is 0 Å². The molecule has 0 amide bonds. The lowest BCUT2D eigenvalue weighted by molar-refractivity contribution is 0.137. The highest BCUT2D eigenvalue weighted by atomic mass is 14.9. The van der Waals surface area contributed by atoms with E-state index in [-0.39, 0.29) is 0 Å². The molecule has 0 saturated heterocycles. The van der Waals surface area contributed by atoms with Gasteiger partial charge >= 0.3 is 0 Å². The Morgan fingerprint density at radius 3 is 2.11 bits per heavy atom. The van der Waals surface area contributed by atoms with E-state index in [2.05, 4.69) is 46.9 Å². The van der Waals surface area contributed by atoms with Crippen molar-refractivity contribution >= 4 is 0 Å². The van der Waals surface area contributed by atoms with Crippen LogP contribution in [0, 0.1) is 16.7 Å². The van der Waals surface area contributed by atoms with Crippen molar-refractivity contribution in [1.29, 1.82) is 0 Å². The molecule has 0 aliphatic heterocycles. The quantitative estimate of drug-likeness (QED) is 0.651. The summed E-state index contributed by atoms with van der Waals surface area (Å²) in [5.41, 5.74) is 1.06. The van der Waals surface area contributed by atoms with Crippen LogP contribution in [0.2, 0.25) is 0 Å². The first-order chi connectivity index (χ1) is 8.79. The smallest absolute Gasteiger partial charge is 0.0124 e. The number of hydrogen-bond acceptors (Lipinski definition) is 1. The minimum atomic E-state index is 0.464. The summed E-state index contributed by atoms with van der Waals surface area (Å²) in [6.45, 7) is 15.3. The molecule has 114 valence electrons. The van der Waals surface area contributed by atoms with Crippen molar-refractivity contribution in [1.82, 2.24) is 5.32 Å². The maximum Gasteiger partial charge on any atom is 0.0124 e. The monoisotopic (exact) mass is 267 g/mol. The Morgan fingerprint density at radius 2 is 1.68 bits per heavy atom. The largest absolute Gasteiger partial charge is 0.314 e. The Labute approximate surface area is 121 Å². The first-order valence-electron chi connectivity index (χ1n) is 8.52. The van der Waals surface area contributed by atoms with Crippen LogP contribution in [0.3, 0.4) is 0 Å². The first-order valence-corrected chi connectivity index (χ1v) is 8.52. The van der Waals surface area contributed by atoms with Crippen LogP contribution in [0.4, 0.5) is 0 Å². The zero-order valence-corrected chi connectivity index (χ0v) is 14.3. The topological polar surface area (TPSA) is 12.0 Å². The molecule has 1 aliphatic carbocycles. The second kappa shape index (κ2) is 7.11. The molecular weight excluding hydrogens is 230 g/mol. The lowest BCUT2D eigenvalue weighted by Gasteiger charge is -2.41. The molecule has 0 radical (unpaired) electrons. The molecular formula is C18H37N. The zero-order valence-electron chi connectivity index (χ0n) is 14.3. The van der Waals surface area contributed by atoms with Crippen LogP contribution < -0.4 is 5.32 Å². The van der Waals surface area contributed by atoms with E-state index in [4.69, 9.17) is 0 Å². The fourth-order valence-electron chi connectivity index (χ4n) is 4.04.